The van der Waals surface area contributed by atoms with Crippen LogP contribution in [-0.2, 0) is 20.9 Å². The van der Waals surface area contributed by atoms with Crippen molar-refractivity contribution in [1.82, 2.24) is 5.32 Å². The number of piperazine rings is 1. The van der Waals surface area contributed by atoms with Crippen molar-refractivity contribution in [2.45, 2.75) is 26.0 Å². The Kier molecular flexibility index (Phi) is 3.57. The van der Waals surface area contributed by atoms with Gasteiger partial charge in [0, 0.05) is 12.8 Å². The van der Waals surface area contributed by atoms with Crippen LogP contribution in [0, 0.1) is 0 Å². The number of ether oxygens (including phenoxy) is 1. The van der Waals surface area contributed by atoms with E-state index >= 15 is 0 Å². The molecule has 0 aliphatic carbocycles. The minimum absolute atomic E-state index is 0.0543. The maximum absolute atomic E-state index is 12.3. The number of hydrogen-bond donors (Lipinski definition) is 1. The SMILES string of the molecule is COCc1cccc(N2CC(=O)NC(C)(C)C2=O)c1. The van der Waals surface area contributed by atoms with Gasteiger partial charge in [0.1, 0.15) is 12.1 Å². The van der Waals surface area contributed by atoms with Gasteiger partial charge in [0.05, 0.1) is 6.61 Å². The van der Waals surface area contributed by atoms with E-state index in [2.05, 4.69) is 5.32 Å². The smallest absolute Gasteiger partial charge is 0.252 e. The van der Waals surface area contributed by atoms with Gasteiger partial charge >= 0.3 is 0 Å². The van der Waals surface area contributed by atoms with Crippen LogP contribution >= 0.6 is 0 Å². The molecule has 0 saturated carbocycles. The summed E-state index contributed by atoms with van der Waals surface area (Å²) in [4.78, 5) is 25.5. The Morgan fingerprint density at radius 2 is 2.11 bits per heavy atom. The van der Waals surface area contributed by atoms with Crippen molar-refractivity contribution >= 4 is 17.5 Å². The van der Waals surface area contributed by atoms with E-state index in [1.807, 2.05) is 24.3 Å². The zero-order valence-electron chi connectivity index (χ0n) is 11.4. The van der Waals surface area contributed by atoms with Crippen molar-refractivity contribution in [3.8, 4) is 0 Å². The van der Waals surface area contributed by atoms with Gasteiger partial charge in [-0.15, -0.1) is 0 Å². The second-order valence-electron chi connectivity index (χ2n) is 5.17. The van der Waals surface area contributed by atoms with E-state index < -0.39 is 5.54 Å². The Balaban J connectivity index is 2.32. The quantitative estimate of drug-likeness (QED) is 0.886. The summed E-state index contributed by atoms with van der Waals surface area (Å²) in [6, 6.07) is 7.48. The molecule has 1 saturated heterocycles. The van der Waals surface area contributed by atoms with Crippen molar-refractivity contribution in [2.75, 3.05) is 18.6 Å². The monoisotopic (exact) mass is 262 g/mol. The van der Waals surface area contributed by atoms with Gasteiger partial charge < -0.3 is 15.0 Å². The molecule has 0 spiro atoms. The average molecular weight is 262 g/mol. The molecule has 0 aromatic heterocycles. The highest BCUT2D eigenvalue weighted by molar-refractivity contribution is 6.08. The Bertz CT molecular complexity index is 511. The summed E-state index contributed by atoms with van der Waals surface area (Å²) >= 11 is 0. The molecular formula is C14H18N2O3. The summed E-state index contributed by atoms with van der Waals surface area (Å²) in [6.45, 7) is 3.95. The van der Waals surface area contributed by atoms with Crippen molar-refractivity contribution in [2.24, 2.45) is 0 Å². The minimum Gasteiger partial charge on any atom is -0.380 e. The lowest BCUT2D eigenvalue weighted by Crippen LogP contribution is -2.64. The number of amides is 2. The third kappa shape index (κ3) is 2.76. The lowest BCUT2D eigenvalue weighted by atomic mass is 9.99. The Morgan fingerprint density at radius 3 is 2.79 bits per heavy atom. The van der Waals surface area contributed by atoms with E-state index in [1.165, 1.54) is 4.90 Å². The van der Waals surface area contributed by atoms with E-state index in [9.17, 15) is 9.59 Å². The fourth-order valence-electron chi connectivity index (χ4n) is 2.18. The topological polar surface area (TPSA) is 58.6 Å². The van der Waals surface area contributed by atoms with Crippen LogP contribution in [0.15, 0.2) is 24.3 Å². The Labute approximate surface area is 112 Å². The molecule has 1 aliphatic heterocycles. The summed E-state index contributed by atoms with van der Waals surface area (Å²) < 4.78 is 5.08. The van der Waals surface area contributed by atoms with Crippen LogP contribution in [0.3, 0.4) is 0 Å². The third-order valence-corrected chi connectivity index (χ3v) is 3.07. The van der Waals surface area contributed by atoms with Crippen LogP contribution in [0.4, 0.5) is 5.69 Å². The number of nitrogens with zero attached hydrogens (tertiary/aromatic N) is 1. The van der Waals surface area contributed by atoms with Crippen LogP contribution in [0.1, 0.15) is 19.4 Å². The molecule has 1 aromatic rings. The van der Waals surface area contributed by atoms with Crippen molar-refractivity contribution in [3.63, 3.8) is 0 Å². The van der Waals surface area contributed by atoms with Crippen molar-refractivity contribution in [3.05, 3.63) is 29.8 Å². The summed E-state index contributed by atoms with van der Waals surface area (Å²) in [5.41, 5.74) is 0.825. The third-order valence-electron chi connectivity index (χ3n) is 3.07. The molecule has 1 aliphatic rings. The lowest BCUT2D eigenvalue weighted by molar-refractivity contribution is -0.134. The number of hydrogen-bond acceptors (Lipinski definition) is 3. The molecule has 2 amide bonds. The number of carbonyl (C=O) groups excluding carboxylic acids is 2. The van der Waals surface area contributed by atoms with Gasteiger partial charge in [0.2, 0.25) is 5.91 Å². The zero-order chi connectivity index (χ0) is 14.0. The number of benzene rings is 1. The van der Waals surface area contributed by atoms with Crippen LogP contribution in [0.2, 0.25) is 0 Å². The molecule has 5 heteroatoms. The van der Waals surface area contributed by atoms with Gasteiger partial charge in [-0.05, 0) is 31.5 Å². The molecule has 1 heterocycles. The molecule has 102 valence electrons. The lowest BCUT2D eigenvalue weighted by Gasteiger charge is -2.37. The minimum atomic E-state index is -0.868. The molecule has 0 unspecified atom stereocenters. The molecule has 0 atom stereocenters. The largest absolute Gasteiger partial charge is 0.380 e. The summed E-state index contributed by atoms with van der Waals surface area (Å²) in [5.74, 6) is -0.261. The van der Waals surface area contributed by atoms with E-state index in [4.69, 9.17) is 4.74 Å². The molecule has 1 aromatic carbocycles. The van der Waals surface area contributed by atoms with Crippen molar-refractivity contribution in [1.29, 1.82) is 0 Å². The maximum atomic E-state index is 12.3. The second-order valence-corrected chi connectivity index (χ2v) is 5.17. The number of carbonyl (C=O) groups is 2. The molecular weight excluding hydrogens is 244 g/mol. The Morgan fingerprint density at radius 1 is 1.37 bits per heavy atom. The molecule has 0 bridgehead atoms. The van der Waals surface area contributed by atoms with E-state index in [0.717, 1.165) is 11.3 Å². The molecule has 1 fully saturated rings. The maximum Gasteiger partial charge on any atom is 0.252 e. The highest BCUT2D eigenvalue weighted by atomic mass is 16.5. The normalized spacial score (nSPS) is 18.4. The zero-order valence-corrected chi connectivity index (χ0v) is 11.4. The summed E-state index contributed by atoms with van der Waals surface area (Å²) in [7, 11) is 1.62. The van der Waals surface area contributed by atoms with Crippen LogP contribution in [-0.4, -0.2) is 31.0 Å². The molecule has 2 rings (SSSR count). The van der Waals surface area contributed by atoms with E-state index in [0.29, 0.717) is 6.61 Å². The first-order chi connectivity index (χ1) is 8.94. The molecule has 19 heavy (non-hydrogen) atoms. The van der Waals surface area contributed by atoms with Crippen LogP contribution < -0.4 is 10.2 Å². The summed E-state index contributed by atoms with van der Waals surface area (Å²) in [5, 5.41) is 2.69. The van der Waals surface area contributed by atoms with Gasteiger partial charge in [-0.2, -0.15) is 0 Å². The number of methoxy groups -OCH3 is 1. The van der Waals surface area contributed by atoms with E-state index in [1.54, 1.807) is 21.0 Å². The fourth-order valence-corrected chi connectivity index (χ4v) is 2.18. The Hall–Kier alpha value is -1.88. The van der Waals surface area contributed by atoms with E-state index in [-0.39, 0.29) is 18.4 Å². The number of anilines is 1. The second kappa shape index (κ2) is 5.01. The predicted octanol–water partition coefficient (Wildman–Crippen LogP) is 1.07. The average Bonchev–Trinajstić information content (AvgIpc) is 2.34. The molecule has 0 radical (unpaired) electrons. The van der Waals surface area contributed by atoms with Gasteiger partial charge in [-0.1, -0.05) is 12.1 Å². The highest BCUT2D eigenvalue weighted by Crippen LogP contribution is 2.22. The number of rotatable bonds is 3. The van der Waals surface area contributed by atoms with Gasteiger partial charge in [-0.3, -0.25) is 9.59 Å². The first-order valence-electron chi connectivity index (χ1n) is 6.15. The predicted molar refractivity (Wildman–Crippen MR) is 71.7 cm³/mol. The molecule has 1 N–H and O–H groups in total. The fraction of sp³-hybridized carbons (Fsp3) is 0.429. The van der Waals surface area contributed by atoms with Gasteiger partial charge in [0.25, 0.3) is 5.91 Å². The van der Waals surface area contributed by atoms with Gasteiger partial charge in [-0.25, -0.2) is 0 Å². The first kappa shape index (κ1) is 13.5. The van der Waals surface area contributed by atoms with Crippen LogP contribution in [0.5, 0.6) is 0 Å². The van der Waals surface area contributed by atoms with Gasteiger partial charge in [0.15, 0.2) is 0 Å². The first-order valence-corrected chi connectivity index (χ1v) is 6.15. The summed E-state index contributed by atoms with van der Waals surface area (Å²) in [6.07, 6.45) is 0. The highest BCUT2D eigenvalue weighted by Gasteiger charge is 2.39. The van der Waals surface area contributed by atoms with Crippen LogP contribution in [0.25, 0.3) is 0 Å². The standard InChI is InChI=1S/C14H18N2O3/c1-14(2)13(18)16(8-12(17)15-14)11-6-4-5-10(7-11)9-19-3/h4-7H,8-9H2,1-3H3,(H,15,17). The van der Waals surface area contributed by atoms with Crippen molar-refractivity contribution < 1.29 is 14.3 Å². The number of nitrogens with one attached hydrogen (secondary N) is 1. The molecule has 5 nitrogen and oxygen atoms in total.